The Kier molecular flexibility index (Phi) is 3.43. The molecule has 1 aliphatic rings. The Labute approximate surface area is 93.0 Å². The van der Waals surface area contributed by atoms with Gasteiger partial charge >= 0.3 is 0 Å². The highest BCUT2D eigenvalue weighted by Crippen LogP contribution is 2.24. The number of halogens is 1. The van der Waals surface area contributed by atoms with Crippen molar-refractivity contribution in [1.82, 2.24) is 4.98 Å². The normalized spacial score (nSPS) is 15.6. The zero-order valence-corrected chi connectivity index (χ0v) is 9.50. The van der Waals surface area contributed by atoms with E-state index in [4.69, 9.17) is 11.6 Å². The number of anilines is 1. The second-order valence-electron chi connectivity index (χ2n) is 3.40. The fraction of sp³-hybridized carbons (Fsp3) is 0.500. The molecule has 1 aliphatic carbocycles. The molecule has 76 valence electrons. The van der Waals surface area contributed by atoms with Crippen LogP contribution in [0.5, 0.6) is 0 Å². The van der Waals surface area contributed by atoms with Gasteiger partial charge in [0, 0.05) is 6.54 Å². The molecule has 0 unspecified atom stereocenters. The van der Waals surface area contributed by atoms with Crippen molar-refractivity contribution in [2.45, 2.75) is 25.7 Å². The maximum atomic E-state index is 5.77. The number of hydrogen-bond acceptors (Lipinski definition) is 3. The predicted molar refractivity (Wildman–Crippen MR) is 62.2 cm³/mol. The van der Waals surface area contributed by atoms with Crippen LogP contribution in [0.4, 0.5) is 5.13 Å². The molecular weight excluding hydrogens is 216 g/mol. The monoisotopic (exact) mass is 228 g/mol. The number of aromatic nitrogens is 1. The first-order valence-electron chi connectivity index (χ1n) is 4.88. The van der Waals surface area contributed by atoms with Gasteiger partial charge in [0.05, 0.1) is 6.20 Å². The van der Waals surface area contributed by atoms with E-state index in [0.717, 1.165) is 22.4 Å². The minimum absolute atomic E-state index is 0.743. The van der Waals surface area contributed by atoms with Gasteiger partial charge in [0.15, 0.2) is 5.13 Å². The molecule has 0 aliphatic heterocycles. The van der Waals surface area contributed by atoms with E-state index in [0.29, 0.717) is 0 Å². The molecular formula is C10H13ClN2S. The van der Waals surface area contributed by atoms with Crippen molar-refractivity contribution in [2.24, 2.45) is 0 Å². The third-order valence-corrected chi connectivity index (χ3v) is 3.41. The van der Waals surface area contributed by atoms with Crippen LogP contribution in [0.25, 0.3) is 0 Å². The summed E-state index contributed by atoms with van der Waals surface area (Å²) in [7, 11) is 0. The summed E-state index contributed by atoms with van der Waals surface area (Å²) in [5, 5.41) is 4.20. The molecule has 0 radical (unpaired) electrons. The minimum atomic E-state index is 0.743. The van der Waals surface area contributed by atoms with Crippen molar-refractivity contribution in [3.63, 3.8) is 0 Å². The first kappa shape index (κ1) is 9.99. The van der Waals surface area contributed by atoms with Gasteiger partial charge in [0.2, 0.25) is 0 Å². The Morgan fingerprint density at radius 1 is 1.57 bits per heavy atom. The van der Waals surface area contributed by atoms with Gasteiger partial charge < -0.3 is 5.32 Å². The van der Waals surface area contributed by atoms with Gasteiger partial charge in [-0.05, 0) is 25.7 Å². The Morgan fingerprint density at radius 3 is 3.14 bits per heavy atom. The topological polar surface area (TPSA) is 24.9 Å². The van der Waals surface area contributed by atoms with Crippen LogP contribution < -0.4 is 5.32 Å². The lowest BCUT2D eigenvalue weighted by Gasteiger charge is -2.02. The van der Waals surface area contributed by atoms with Crippen LogP contribution in [-0.2, 0) is 0 Å². The number of nitrogens with one attached hydrogen (secondary N) is 1. The average Bonchev–Trinajstić information content (AvgIpc) is 2.77. The second kappa shape index (κ2) is 4.80. The molecule has 2 rings (SSSR count). The fourth-order valence-electron chi connectivity index (χ4n) is 1.63. The van der Waals surface area contributed by atoms with Crippen LogP contribution in [0, 0.1) is 0 Å². The first-order chi connectivity index (χ1) is 6.84. The summed E-state index contributed by atoms with van der Waals surface area (Å²) in [6, 6.07) is 0. The van der Waals surface area contributed by atoms with Crippen LogP contribution in [0.1, 0.15) is 25.7 Å². The van der Waals surface area contributed by atoms with Crippen molar-refractivity contribution in [1.29, 1.82) is 0 Å². The van der Waals surface area contributed by atoms with Crippen LogP contribution in [-0.4, -0.2) is 11.5 Å². The summed E-state index contributed by atoms with van der Waals surface area (Å²) in [4.78, 5) is 4.14. The molecule has 1 aromatic heterocycles. The van der Waals surface area contributed by atoms with E-state index in [1.54, 1.807) is 11.8 Å². The number of thiazole rings is 1. The summed E-state index contributed by atoms with van der Waals surface area (Å²) in [6.07, 6.45) is 9.05. The molecule has 4 heteroatoms. The highest BCUT2D eigenvalue weighted by Gasteiger charge is 2.04. The molecule has 0 saturated carbocycles. The molecule has 1 aromatic rings. The summed E-state index contributed by atoms with van der Waals surface area (Å²) in [6.45, 7) is 0.968. The molecule has 0 amide bonds. The van der Waals surface area contributed by atoms with E-state index < -0.39 is 0 Å². The third-order valence-electron chi connectivity index (χ3n) is 2.33. The fourth-order valence-corrected chi connectivity index (χ4v) is 2.47. The van der Waals surface area contributed by atoms with Crippen molar-refractivity contribution < 1.29 is 0 Å². The summed E-state index contributed by atoms with van der Waals surface area (Å²) in [5.74, 6) is 0. The highest BCUT2D eigenvalue weighted by atomic mass is 35.5. The largest absolute Gasteiger partial charge is 0.361 e. The lowest BCUT2D eigenvalue weighted by Crippen LogP contribution is -2.01. The van der Waals surface area contributed by atoms with E-state index in [1.807, 2.05) is 0 Å². The average molecular weight is 229 g/mol. The summed E-state index contributed by atoms with van der Waals surface area (Å²) >= 11 is 7.27. The Morgan fingerprint density at radius 2 is 2.50 bits per heavy atom. The molecule has 0 saturated heterocycles. The van der Waals surface area contributed by atoms with Crippen molar-refractivity contribution >= 4 is 28.1 Å². The van der Waals surface area contributed by atoms with Crippen molar-refractivity contribution in [3.8, 4) is 0 Å². The van der Waals surface area contributed by atoms with Crippen LogP contribution >= 0.6 is 22.9 Å². The third kappa shape index (κ3) is 2.72. The molecule has 2 nitrogen and oxygen atoms in total. The van der Waals surface area contributed by atoms with Crippen LogP contribution in [0.15, 0.2) is 17.8 Å². The molecule has 0 bridgehead atoms. The quantitative estimate of drug-likeness (QED) is 0.795. The molecule has 1 heterocycles. The smallest absolute Gasteiger partial charge is 0.184 e. The number of allylic oxidation sites excluding steroid dienone is 1. The van der Waals surface area contributed by atoms with Gasteiger partial charge in [-0.2, -0.15) is 0 Å². The van der Waals surface area contributed by atoms with Gasteiger partial charge in [-0.15, -0.1) is 0 Å². The molecule has 14 heavy (non-hydrogen) atoms. The Bertz CT molecular complexity index is 333. The minimum Gasteiger partial charge on any atom is -0.361 e. The van der Waals surface area contributed by atoms with E-state index in [2.05, 4.69) is 16.4 Å². The van der Waals surface area contributed by atoms with E-state index in [1.165, 1.54) is 30.6 Å². The lowest BCUT2D eigenvalue weighted by atomic mass is 10.2. The molecule has 1 N–H and O–H groups in total. The van der Waals surface area contributed by atoms with Gasteiger partial charge in [0.25, 0.3) is 0 Å². The number of hydrogen-bond donors (Lipinski definition) is 1. The van der Waals surface area contributed by atoms with Gasteiger partial charge in [-0.3, -0.25) is 0 Å². The van der Waals surface area contributed by atoms with Gasteiger partial charge in [-0.1, -0.05) is 34.6 Å². The van der Waals surface area contributed by atoms with Gasteiger partial charge in [-0.25, -0.2) is 4.98 Å². The maximum absolute atomic E-state index is 5.77. The SMILES string of the molecule is Clc1cnc(NCCC2=CCCC2)s1. The van der Waals surface area contributed by atoms with Crippen molar-refractivity contribution in [3.05, 3.63) is 22.2 Å². The Balaban J connectivity index is 1.72. The van der Waals surface area contributed by atoms with E-state index >= 15 is 0 Å². The zero-order valence-electron chi connectivity index (χ0n) is 7.92. The zero-order chi connectivity index (χ0) is 9.80. The highest BCUT2D eigenvalue weighted by molar-refractivity contribution is 7.19. The summed E-state index contributed by atoms with van der Waals surface area (Å²) in [5.41, 5.74) is 1.58. The van der Waals surface area contributed by atoms with Crippen LogP contribution in [0.2, 0.25) is 4.34 Å². The second-order valence-corrected chi connectivity index (χ2v) is 5.06. The number of rotatable bonds is 4. The van der Waals surface area contributed by atoms with Crippen molar-refractivity contribution in [2.75, 3.05) is 11.9 Å². The van der Waals surface area contributed by atoms with E-state index in [-0.39, 0.29) is 0 Å². The molecule has 0 spiro atoms. The van der Waals surface area contributed by atoms with E-state index in [9.17, 15) is 0 Å². The standard InChI is InChI=1S/C10H13ClN2S/c11-9-7-13-10(14-9)12-6-5-8-3-1-2-4-8/h3,7H,1-2,4-6H2,(H,12,13). The predicted octanol–water partition coefficient (Wildman–Crippen LogP) is 3.71. The Hall–Kier alpha value is -0.540. The summed E-state index contributed by atoms with van der Waals surface area (Å²) < 4.78 is 0.743. The van der Waals surface area contributed by atoms with Gasteiger partial charge in [0.1, 0.15) is 4.34 Å². The molecule has 0 atom stereocenters. The lowest BCUT2D eigenvalue weighted by molar-refractivity contribution is 0.863. The molecule has 0 fully saturated rings. The molecule has 0 aromatic carbocycles. The van der Waals surface area contributed by atoms with Crippen LogP contribution in [0.3, 0.4) is 0 Å². The maximum Gasteiger partial charge on any atom is 0.184 e. The number of nitrogens with zero attached hydrogens (tertiary/aromatic N) is 1. The first-order valence-corrected chi connectivity index (χ1v) is 6.07.